The van der Waals surface area contributed by atoms with E-state index in [-0.39, 0.29) is 0 Å². The van der Waals surface area contributed by atoms with Crippen LogP contribution in [0.4, 0.5) is 0 Å². The van der Waals surface area contributed by atoms with Gasteiger partial charge in [0.2, 0.25) is 5.88 Å². The van der Waals surface area contributed by atoms with Crippen molar-refractivity contribution in [1.82, 2.24) is 15.4 Å². The number of rotatable bonds is 2. The van der Waals surface area contributed by atoms with Crippen molar-refractivity contribution < 1.29 is 4.74 Å². The van der Waals surface area contributed by atoms with Crippen LogP contribution in [0, 0.1) is 0 Å². The van der Waals surface area contributed by atoms with E-state index >= 15 is 0 Å². The van der Waals surface area contributed by atoms with Gasteiger partial charge in [-0.25, -0.2) is 0 Å². The maximum absolute atomic E-state index is 5.36. The van der Waals surface area contributed by atoms with Crippen molar-refractivity contribution in [2.45, 2.75) is 0 Å². The molecule has 0 aliphatic rings. The van der Waals surface area contributed by atoms with E-state index in [0.717, 1.165) is 5.75 Å². The first-order valence-electron chi connectivity index (χ1n) is 3.82. The van der Waals surface area contributed by atoms with Gasteiger partial charge < -0.3 is 4.74 Å². The smallest absolute Gasteiger partial charge is 0.242 e. The van der Waals surface area contributed by atoms with E-state index in [9.17, 15) is 0 Å². The van der Waals surface area contributed by atoms with Gasteiger partial charge in [0.05, 0.1) is 6.20 Å². The molecule has 4 heteroatoms. The molecule has 0 bridgehead atoms. The van der Waals surface area contributed by atoms with E-state index in [0.29, 0.717) is 5.88 Å². The van der Waals surface area contributed by atoms with Crippen LogP contribution in [-0.2, 0) is 0 Å². The zero-order chi connectivity index (χ0) is 8.93. The second kappa shape index (κ2) is 3.62. The molecule has 1 aromatic heterocycles. The molecule has 0 saturated carbocycles. The van der Waals surface area contributed by atoms with Crippen LogP contribution in [0.25, 0.3) is 0 Å². The summed E-state index contributed by atoms with van der Waals surface area (Å²) in [6, 6.07) is 11.1. The molecule has 1 heterocycles. The summed E-state index contributed by atoms with van der Waals surface area (Å²) in [6.07, 6.45) is 1.53. The summed E-state index contributed by atoms with van der Waals surface area (Å²) in [6.45, 7) is 0. The Kier molecular flexibility index (Phi) is 2.14. The fourth-order valence-electron chi connectivity index (χ4n) is 0.894. The van der Waals surface area contributed by atoms with Gasteiger partial charge in [-0.15, -0.1) is 5.10 Å². The Morgan fingerprint density at radius 2 is 1.85 bits per heavy atom. The Morgan fingerprint density at radius 3 is 2.54 bits per heavy atom. The number of hydrogen-bond acceptors (Lipinski definition) is 4. The van der Waals surface area contributed by atoms with Crippen LogP contribution in [0.1, 0.15) is 0 Å². The molecule has 2 rings (SSSR count). The maximum atomic E-state index is 5.36. The van der Waals surface area contributed by atoms with E-state index in [4.69, 9.17) is 4.74 Å². The lowest BCUT2D eigenvalue weighted by Crippen LogP contribution is -1.90. The molecule has 2 aromatic rings. The quantitative estimate of drug-likeness (QED) is 0.693. The van der Waals surface area contributed by atoms with Crippen LogP contribution in [0.15, 0.2) is 42.6 Å². The molecule has 4 nitrogen and oxygen atoms in total. The Hall–Kier alpha value is -1.97. The van der Waals surface area contributed by atoms with Gasteiger partial charge in [-0.3, -0.25) is 0 Å². The highest BCUT2D eigenvalue weighted by Crippen LogP contribution is 2.16. The number of benzene rings is 1. The summed E-state index contributed by atoms with van der Waals surface area (Å²) in [4.78, 5) is 0. The van der Waals surface area contributed by atoms with Crippen LogP contribution in [0.2, 0.25) is 0 Å². The van der Waals surface area contributed by atoms with Gasteiger partial charge in [0.1, 0.15) is 5.75 Å². The molecular weight excluding hydrogens is 166 g/mol. The fraction of sp³-hybridized carbons (Fsp3) is 0. The van der Waals surface area contributed by atoms with Gasteiger partial charge in [-0.1, -0.05) is 23.3 Å². The first-order chi connectivity index (χ1) is 6.45. The van der Waals surface area contributed by atoms with Crippen LogP contribution in [0.3, 0.4) is 0 Å². The minimum absolute atomic E-state index is 0.446. The first-order valence-corrected chi connectivity index (χ1v) is 3.82. The second-order valence-electron chi connectivity index (χ2n) is 2.37. The molecule has 0 atom stereocenters. The minimum Gasteiger partial charge on any atom is -0.437 e. The summed E-state index contributed by atoms with van der Waals surface area (Å²) < 4.78 is 5.36. The predicted molar refractivity (Wildman–Crippen MR) is 46.3 cm³/mol. The van der Waals surface area contributed by atoms with Crippen molar-refractivity contribution in [3.63, 3.8) is 0 Å². The molecule has 0 aliphatic heterocycles. The Labute approximate surface area is 75.2 Å². The van der Waals surface area contributed by atoms with Gasteiger partial charge in [-0.2, -0.15) is 0 Å². The molecule has 0 amide bonds. The molecule has 0 radical (unpaired) electrons. The molecule has 0 spiro atoms. The molecule has 1 aromatic carbocycles. The SMILES string of the molecule is c1ccc(Oc2ccnnn2)cc1. The van der Waals surface area contributed by atoms with Crippen molar-refractivity contribution in [3.8, 4) is 11.6 Å². The zero-order valence-electron chi connectivity index (χ0n) is 6.79. The Morgan fingerprint density at radius 1 is 1.00 bits per heavy atom. The average molecular weight is 173 g/mol. The summed E-state index contributed by atoms with van der Waals surface area (Å²) >= 11 is 0. The van der Waals surface area contributed by atoms with E-state index in [1.807, 2.05) is 30.3 Å². The highest BCUT2D eigenvalue weighted by Gasteiger charge is 1.95. The highest BCUT2D eigenvalue weighted by molar-refractivity contribution is 5.25. The van der Waals surface area contributed by atoms with Crippen molar-refractivity contribution in [2.75, 3.05) is 0 Å². The molecule has 0 N–H and O–H groups in total. The zero-order valence-corrected chi connectivity index (χ0v) is 6.79. The molecule has 0 aliphatic carbocycles. The molecule has 64 valence electrons. The molecule has 0 unspecified atom stereocenters. The largest absolute Gasteiger partial charge is 0.437 e. The lowest BCUT2D eigenvalue weighted by Gasteiger charge is -2.01. The van der Waals surface area contributed by atoms with E-state index in [2.05, 4.69) is 15.4 Å². The number of nitrogens with zero attached hydrogens (tertiary/aromatic N) is 3. The van der Waals surface area contributed by atoms with Gasteiger partial charge >= 0.3 is 0 Å². The topological polar surface area (TPSA) is 47.9 Å². The Balaban J connectivity index is 2.16. The maximum Gasteiger partial charge on any atom is 0.242 e. The molecule has 0 fully saturated rings. The summed E-state index contributed by atoms with van der Waals surface area (Å²) in [5.41, 5.74) is 0. The minimum atomic E-state index is 0.446. The summed E-state index contributed by atoms with van der Waals surface area (Å²) in [5, 5.41) is 10.7. The number of para-hydroxylation sites is 1. The summed E-state index contributed by atoms with van der Waals surface area (Å²) in [5.74, 6) is 1.18. The third-order valence-corrected chi connectivity index (χ3v) is 1.44. The molecule has 13 heavy (non-hydrogen) atoms. The van der Waals surface area contributed by atoms with Crippen LogP contribution in [0.5, 0.6) is 11.6 Å². The average Bonchev–Trinajstić information content (AvgIpc) is 2.21. The third-order valence-electron chi connectivity index (χ3n) is 1.44. The number of aromatic nitrogens is 3. The van der Waals surface area contributed by atoms with Crippen molar-refractivity contribution in [2.24, 2.45) is 0 Å². The van der Waals surface area contributed by atoms with Gasteiger partial charge in [0, 0.05) is 6.07 Å². The fourth-order valence-corrected chi connectivity index (χ4v) is 0.894. The second-order valence-corrected chi connectivity index (χ2v) is 2.37. The van der Waals surface area contributed by atoms with E-state index < -0.39 is 0 Å². The predicted octanol–water partition coefficient (Wildman–Crippen LogP) is 1.66. The monoisotopic (exact) mass is 173 g/mol. The highest BCUT2D eigenvalue weighted by atomic mass is 16.5. The van der Waals surface area contributed by atoms with Gasteiger partial charge in [-0.05, 0) is 17.3 Å². The summed E-state index contributed by atoms with van der Waals surface area (Å²) in [7, 11) is 0. The lowest BCUT2D eigenvalue weighted by atomic mass is 10.3. The van der Waals surface area contributed by atoms with Crippen LogP contribution >= 0.6 is 0 Å². The number of ether oxygens (including phenoxy) is 1. The van der Waals surface area contributed by atoms with Crippen molar-refractivity contribution in [3.05, 3.63) is 42.6 Å². The van der Waals surface area contributed by atoms with Crippen molar-refractivity contribution >= 4 is 0 Å². The lowest BCUT2D eigenvalue weighted by molar-refractivity contribution is 0.450. The first kappa shape index (κ1) is 7.67. The standard InChI is InChI=1S/C9H7N3O/c1-2-4-8(5-3-1)13-9-6-7-10-12-11-9/h1-7H. The molecular formula is C9H7N3O. The third kappa shape index (κ3) is 1.99. The molecule has 0 saturated heterocycles. The number of hydrogen-bond donors (Lipinski definition) is 0. The Bertz CT molecular complexity index is 326. The van der Waals surface area contributed by atoms with Crippen LogP contribution < -0.4 is 4.74 Å². The van der Waals surface area contributed by atoms with Crippen molar-refractivity contribution in [1.29, 1.82) is 0 Å². The van der Waals surface area contributed by atoms with Crippen LogP contribution in [-0.4, -0.2) is 15.4 Å². The van der Waals surface area contributed by atoms with Gasteiger partial charge in [0.25, 0.3) is 0 Å². The van der Waals surface area contributed by atoms with Gasteiger partial charge in [0.15, 0.2) is 0 Å². The van der Waals surface area contributed by atoms with E-state index in [1.54, 1.807) is 6.07 Å². The normalized spacial score (nSPS) is 9.54. The van der Waals surface area contributed by atoms with E-state index in [1.165, 1.54) is 6.20 Å².